The maximum Gasteiger partial charge on any atom is 0.278 e. The number of hydrogen-bond donors (Lipinski definition) is 1. The number of aromatic nitrogens is 2. The fourth-order valence-corrected chi connectivity index (χ4v) is 4.44. The van der Waals surface area contributed by atoms with Gasteiger partial charge >= 0.3 is 0 Å². The quantitative estimate of drug-likeness (QED) is 0.424. The Morgan fingerprint density at radius 2 is 1.83 bits per heavy atom. The van der Waals surface area contributed by atoms with Crippen LogP contribution in [0.3, 0.4) is 0 Å². The minimum atomic E-state index is -0.402. The first-order chi connectivity index (χ1) is 17.4. The van der Waals surface area contributed by atoms with Gasteiger partial charge in [-0.3, -0.25) is 9.59 Å². The number of ether oxygens (including phenoxy) is 1. The van der Waals surface area contributed by atoms with Gasteiger partial charge in [-0.05, 0) is 85.5 Å². The first-order valence-corrected chi connectivity index (χ1v) is 11.7. The van der Waals surface area contributed by atoms with Gasteiger partial charge in [0.05, 0.1) is 7.11 Å². The van der Waals surface area contributed by atoms with Crippen molar-refractivity contribution in [1.29, 1.82) is 0 Å². The van der Waals surface area contributed by atoms with Gasteiger partial charge in [0.1, 0.15) is 17.3 Å². The molecule has 2 heterocycles. The summed E-state index contributed by atoms with van der Waals surface area (Å²) in [7, 11) is 1.60. The lowest BCUT2D eigenvalue weighted by Gasteiger charge is -2.30. The van der Waals surface area contributed by atoms with Gasteiger partial charge in [-0.15, -0.1) is 0 Å². The molecule has 0 saturated heterocycles. The number of fused-ring (bicyclic) bond motifs is 1. The number of benzene rings is 3. The molecule has 1 N–H and O–H groups in total. The van der Waals surface area contributed by atoms with E-state index < -0.39 is 5.82 Å². The van der Waals surface area contributed by atoms with Crippen molar-refractivity contribution in [2.24, 2.45) is 0 Å². The lowest BCUT2D eigenvalue weighted by molar-refractivity contribution is 0.0979. The zero-order valence-electron chi connectivity index (χ0n) is 20.0. The minimum Gasteiger partial charge on any atom is -0.494 e. The summed E-state index contributed by atoms with van der Waals surface area (Å²) >= 11 is 0. The predicted octanol–water partition coefficient (Wildman–Crippen LogP) is 5.17. The topological polar surface area (TPSA) is 76.5 Å². The Morgan fingerprint density at radius 1 is 1.03 bits per heavy atom. The molecule has 0 unspecified atom stereocenters. The molecular formula is C28H25FN4O3. The van der Waals surface area contributed by atoms with Crippen LogP contribution < -0.4 is 15.0 Å². The van der Waals surface area contributed by atoms with Gasteiger partial charge in [0, 0.05) is 29.7 Å². The van der Waals surface area contributed by atoms with Crippen molar-refractivity contribution in [3.05, 3.63) is 101 Å². The largest absolute Gasteiger partial charge is 0.494 e. The standard InChI is InChI=1S/C28H25FN4O3/c1-18-8-13-26(36-2)25(17-18)33-16-14-23(31-33)28(35)32-15-4-5-21-22(6-3-7-24(21)32)30-27(34)19-9-11-20(29)12-10-19/h3,6-14,16-17H,4-5,15H2,1-2H3,(H,30,34). The summed E-state index contributed by atoms with van der Waals surface area (Å²) in [6.45, 7) is 2.53. The van der Waals surface area contributed by atoms with Gasteiger partial charge in [0.25, 0.3) is 11.8 Å². The van der Waals surface area contributed by atoms with Crippen molar-refractivity contribution in [3.63, 3.8) is 0 Å². The molecule has 7 nitrogen and oxygen atoms in total. The summed E-state index contributed by atoms with van der Waals surface area (Å²) < 4.78 is 20.3. The summed E-state index contributed by atoms with van der Waals surface area (Å²) in [5.41, 5.74) is 4.73. The van der Waals surface area contributed by atoms with E-state index in [1.807, 2.05) is 37.3 Å². The summed E-state index contributed by atoms with van der Waals surface area (Å²) in [4.78, 5) is 27.9. The van der Waals surface area contributed by atoms with Crippen LogP contribution in [-0.2, 0) is 6.42 Å². The summed E-state index contributed by atoms with van der Waals surface area (Å²) in [6, 6.07) is 18.3. The molecule has 1 aromatic heterocycles. The molecule has 0 bridgehead atoms. The molecule has 8 heteroatoms. The van der Waals surface area contributed by atoms with Gasteiger partial charge in [0.2, 0.25) is 0 Å². The maximum absolute atomic E-state index is 13.5. The van der Waals surface area contributed by atoms with Crippen LogP contribution in [0.4, 0.5) is 15.8 Å². The molecule has 1 aliphatic heterocycles. The van der Waals surface area contributed by atoms with E-state index in [1.165, 1.54) is 24.3 Å². The number of nitrogens with one attached hydrogen (secondary N) is 1. The Balaban J connectivity index is 1.42. The number of nitrogens with zero attached hydrogens (tertiary/aromatic N) is 3. The lowest BCUT2D eigenvalue weighted by Crippen LogP contribution is -2.36. The summed E-state index contributed by atoms with van der Waals surface area (Å²) in [5.74, 6) is -0.297. The Kier molecular flexibility index (Phi) is 6.25. The molecule has 36 heavy (non-hydrogen) atoms. The molecule has 0 fully saturated rings. The number of anilines is 2. The molecular weight excluding hydrogens is 459 g/mol. The fraction of sp³-hybridized carbons (Fsp3) is 0.179. The van der Waals surface area contributed by atoms with Crippen LogP contribution in [-0.4, -0.2) is 35.2 Å². The van der Waals surface area contributed by atoms with Crippen LogP contribution in [0.15, 0.2) is 72.9 Å². The van der Waals surface area contributed by atoms with Gasteiger partial charge in [0.15, 0.2) is 5.69 Å². The highest BCUT2D eigenvalue weighted by atomic mass is 19.1. The second-order valence-electron chi connectivity index (χ2n) is 8.65. The molecule has 0 saturated carbocycles. The number of halogens is 1. The van der Waals surface area contributed by atoms with Crippen molar-refractivity contribution in [2.75, 3.05) is 23.9 Å². The molecule has 3 aromatic carbocycles. The van der Waals surface area contributed by atoms with Gasteiger partial charge in [-0.1, -0.05) is 12.1 Å². The van der Waals surface area contributed by atoms with E-state index in [1.54, 1.807) is 35.0 Å². The molecule has 0 radical (unpaired) electrons. The molecule has 182 valence electrons. The third-order valence-electron chi connectivity index (χ3n) is 6.24. The Labute approximate surface area is 208 Å². The zero-order chi connectivity index (χ0) is 25.2. The van der Waals surface area contributed by atoms with Crippen LogP contribution >= 0.6 is 0 Å². The van der Waals surface area contributed by atoms with Gasteiger partial charge in [-0.2, -0.15) is 5.10 Å². The van der Waals surface area contributed by atoms with Crippen LogP contribution in [0.1, 0.15) is 38.4 Å². The number of aryl methyl sites for hydroxylation is 1. The van der Waals surface area contributed by atoms with Crippen molar-refractivity contribution in [3.8, 4) is 11.4 Å². The third-order valence-corrected chi connectivity index (χ3v) is 6.24. The number of methoxy groups -OCH3 is 1. The van der Waals surface area contributed by atoms with E-state index in [0.29, 0.717) is 35.7 Å². The highest BCUT2D eigenvalue weighted by molar-refractivity contribution is 6.08. The molecule has 1 aliphatic rings. The average Bonchev–Trinajstić information content (AvgIpc) is 3.39. The van der Waals surface area contributed by atoms with Crippen molar-refractivity contribution >= 4 is 23.2 Å². The Hall–Kier alpha value is -4.46. The lowest BCUT2D eigenvalue weighted by atomic mass is 9.99. The number of carbonyl (C=O) groups excluding carboxylic acids is 2. The first-order valence-electron chi connectivity index (χ1n) is 11.7. The number of carbonyl (C=O) groups is 2. The first kappa shape index (κ1) is 23.3. The Morgan fingerprint density at radius 3 is 2.61 bits per heavy atom. The van der Waals surface area contributed by atoms with Gasteiger partial charge < -0.3 is 15.0 Å². The summed E-state index contributed by atoms with van der Waals surface area (Å²) in [5, 5.41) is 7.46. The predicted molar refractivity (Wildman–Crippen MR) is 136 cm³/mol. The van der Waals surface area contributed by atoms with Gasteiger partial charge in [-0.25, -0.2) is 9.07 Å². The fourth-order valence-electron chi connectivity index (χ4n) is 4.44. The minimum absolute atomic E-state index is 0.219. The monoisotopic (exact) mass is 484 g/mol. The van der Waals surface area contributed by atoms with Crippen LogP contribution in [0.2, 0.25) is 0 Å². The van der Waals surface area contributed by atoms with Crippen LogP contribution in [0, 0.1) is 12.7 Å². The average molecular weight is 485 g/mol. The smallest absolute Gasteiger partial charge is 0.278 e. The Bertz CT molecular complexity index is 1450. The van der Waals surface area contributed by atoms with E-state index in [0.717, 1.165) is 28.9 Å². The number of rotatable bonds is 5. The third kappa shape index (κ3) is 4.45. The number of amides is 2. The van der Waals surface area contributed by atoms with Crippen LogP contribution in [0.25, 0.3) is 5.69 Å². The molecule has 4 aromatic rings. The molecule has 0 aliphatic carbocycles. The zero-order valence-corrected chi connectivity index (χ0v) is 20.0. The van der Waals surface area contributed by atoms with E-state index in [9.17, 15) is 14.0 Å². The second-order valence-corrected chi connectivity index (χ2v) is 8.65. The van der Waals surface area contributed by atoms with Crippen molar-refractivity contribution < 1.29 is 18.7 Å². The van der Waals surface area contributed by atoms with E-state index in [2.05, 4.69) is 10.4 Å². The molecule has 2 amide bonds. The number of hydrogen-bond acceptors (Lipinski definition) is 4. The highest BCUT2D eigenvalue weighted by Gasteiger charge is 2.27. The van der Waals surface area contributed by atoms with E-state index in [-0.39, 0.29) is 11.8 Å². The summed E-state index contributed by atoms with van der Waals surface area (Å²) in [6.07, 6.45) is 3.21. The SMILES string of the molecule is COc1ccc(C)cc1-n1ccc(C(=O)N2CCCc3c(NC(=O)c4ccc(F)cc4)cccc32)n1. The molecule has 0 atom stereocenters. The van der Waals surface area contributed by atoms with Crippen molar-refractivity contribution in [2.45, 2.75) is 19.8 Å². The van der Waals surface area contributed by atoms with Crippen molar-refractivity contribution in [1.82, 2.24) is 9.78 Å². The second kappa shape index (κ2) is 9.65. The normalized spacial score (nSPS) is 12.7. The maximum atomic E-state index is 13.5. The molecule has 5 rings (SSSR count). The van der Waals surface area contributed by atoms with E-state index >= 15 is 0 Å². The van der Waals surface area contributed by atoms with Crippen LogP contribution in [0.5, 0.6) is 5.75 Å². The van der Waals surface area contributed by atoms with E-state index in [4.69, 9.17) is 4.74 Å². The highest BCUT2D eigenvalue weighted by Crippen LogP contribution is 2.34. The molecule has 0 spiro atoms.